The number of halogens is 1. The molecule has 0 bridgehead atoms. The van der Waals surface area contributed by atoms with E-state index in [1.165, 1.54) is 7.11 Å². The van der Waals surface area contributed by atoms with Crippen LogP contribution in [0.1, 0.15) is 19.8 Å². The minimum Gasteiger partial charge on any atom is -0.464 e. The van der Waals surface area contributed by atoms with Crippen molar-refractivity contribution < 1.29 is 19.0 Å². The quantitative estimate of drug-likeness (QED) is 0.693. The van der Waals surface area contributed by atoms with Crippen LogP contribution in [0.4, 0.5) is 0 Å². The fourth-order valence-corrected chi connectivity index (χ4v) is 3.06. The van der Waals surface area contributed by atoms with E-state index in [0.717, 1.165) is 35.1 Å². The first-order chi connectivity index (χ1) is 10.6. The van der Waals surface area contributed by atoms with Crippen LogP contribution >= 0.6 is 11.6 Å². The Bertz CT molecular complexity index is 652. The predicted octanol–water partition coefficient (Wildman–Crippen LogP) is 3.51. The van der Waals surface area contributed by atoms with Crippen molar-refractivity contribution in [2.24, 2.45) is 0 Å². The molecule has 0 spiro atoms. The molecule has 1 aliphatic heterocycles. The van der Waals surface area contributed by atoms with Gasteiger partial charge in [0.15, 0.2) is 0 Å². The molecule has 5 heteroatoms. The summed E-state index contributed by atoms with van der Waals surface area (Å²) in [6, 6.07) is 0. The number of carbonyl (C=O) groups excluding carboxylic acids is 1. The number of methoxy groups -OCH3 is 1. The monoisotopic (exact) mass is 320 g/mol. The predicted molar refractivity (Wildman–Crippen MR) is 82.9 cm³/mol. The highest BCUT2D eigenvalue weighted by atomic mass is 35.5. The Morgan fingerprint density at radius 3 is 3.00 bits per heavy atom. The lowest BCUT2D eigenvalue weighted by Crippen LogP contribution is -2.35. The maximum absolute atomic E-state index is 11.8. The van der Waals surface area contributed by atoms with Crippen molar-refractivity contribution in [3.8, 4) is 0 Å². The van der Waals surface area contributed by atoms with Gasteiger partial charge in [-0.05, 0) is 42.6 Å². The minimum absolute atomic E-state index is 0.513. The van der Waals surface area contributed by atoms with Crippen LogP contribution in [0.15, 0.2) is 57.9 Å². The lowest BCUT2D eigenvalue weighted by molar-refractivity contribution is -0.185. The van der Waals surface area contributed by atoms with Gasteiger partial charge in [-0.3, -0.25) is 0 Å². The highest BCUT2D eigenvalue weighted by Crippen LogP contribution is 2.39. The van der Waals surface area contributed by atoms with Gasteiger partial charge in [-0.15, -0.1) is 0 Å². The van der Waals surface area contributed by atoms with Gasteiger partial charge < -0.3 is 14.2 Å². The van der Waals surface area contributed by atoms with E-state index in [1.807, 2.05) is 19.1 Å². The summed E-state index contributed by atoms with van der Waals surface area (Å²) in [7, 11) is 1.30. The second-order valence-corrected chi connectivity index (χ2v) is 5.75. The summed E-state index contributed by atoms with van der Waals surface area (Å²) in [6.45, 7) is 2.02. The van der Waals surface area contributed by atoms with Crippen molar-refractivity contribution in [3.05, 3.63) is 57.9 Å². The van der Waals surface area contributed by atoms with Crippen molar-refractivity contribution in [1.82, 2.24) is 0 Å². The summed E-state index contributed by atoms with van der Waals surface area (Å²) in [6.07, 6.45) is 9.61. The van der Waals surface area contributed by atoms with Gasteiger partial charge in [-0.2, -0.15) is 0 Å². The molecule has 4 nitrogen and oxygen atoms in total. The largest absolute Gasteiger partial charge is 0.464 e. The third-order valence-electron chi connectivity index (χ3n) is 3.93. The highest BCUT2D eigenvalue weighted by Gasteiger charge is 2.35. The molecule has 0 amide bonds. The molecule has 3 rings (SSSR count). The summed E-state index contributed by atoms with van der Waals surface area (Å²) in [5.74, 6) is -0.587. The first kappa shape index (κ1) is 15.1. The van der Waals surface area contributed by atoms with E-state index in [-0.39, 0.29) is 0 Å². The zero-order chi connectivity index (χ0) is 15.7. The number of esters is 1. The molecule has 116 valence electrons. The van der Waals surface area contributed by atoms with Gasteiger partial charge in [0.1, 0.15) is 6.10 Å². The van der Waals surface area contributed by atoms with Crippen LogP contribution in [-0.2, 0) is 19.0 Å². The number of hydrogen-bond acceptors (Lipinski definition) is 4. The summed E-state index contributed by atoms with van der Waals surface area (Å²) in [4.78, 5) is 11.8. The number of hydrogen-bond donors (Lipinski definition) is 0. The Balaban J connectivity index is 2.11. The standard InChI is InChI=1S/C17H17ClO4/c1-10-7-8-13(18)15-14(10)12-6-4-3-5-11(12)9-21-17(22-15)16(19)20-2/h3,5,7-9,15,17H,4,6H2,1-2H3/b11-9?,14-12-. The molecule has 0 radical (unpaired) electrons. The first-order valence-electron chi connectivity index (χ1n) is 7.15. The second-order valence-electron chi connectivity index (χ2n) is 5.31. The molecule has 2 atom stereocenters. The average molecular weight is 321 g/mol. The van der Waals surface area contributed by atoms with E-state index in [0.29, 0.717) is 5.03 Å². The molecule has 0 N–H and O–H groups in total. The fraction of sp³-hybridized carbons (Fsp3) is 0.353. The van der Waals surface area contributed by atoms with Gasteiger partial charge in [-0.1, -0.05) is 29.8 Å². The van der Waals surface area contributed by atoms with E-state index >= 15 is 0 Å². The Kier molecular flexibility index (Phi) is 4.23. The molecule has 3 aliphatic rings. The maximum atomic E-state index is 11.8. The molecule has 0 aromatic carbocycles. The molecule has 22 heavy (non-hydrogen) atoms. The lowest BCUT2D eigenvalue weighted by Gasteiger charge is -2.32. The minimum atomic E-state index is -1.14. The van der Waals surface area contributed by atoms with Crippen molar-refractivity contribution in [2.45, 2.75) is 32.2 Å². The van der Waals surface area contributed by atoms with E-state index in [2.05, 4.69) is 6.08 Å². The first-order valence-corrected chi connectivity index (χ1v) is 7.53. The van der Waals surface area contributed by atoms with Crippen molar-refractivity contribution >= 4 is 17.6 Å². The number of fused-ring (bicyclic) bond motifs is 2. The van der Waals surface area contributed by atoms with Crippen LogP contribution in [0, 0.1) is 0 Å². The number of carbonyl (C=O) groups is 1. The fourth-order valence-electron chi connectivity index (χ4n) is 2.84. The number of ether oxygens (including phenoxy) is 3. The molecule has 0 fully saturated rings. The van der Waals surface area contributed by atoms with Crippen LogP contribution < -0.4 is 0 Å². The SMILES string of the molecule is COC(=O)C1OC=C2C=CCC/C2=C2\C(C)=CC=C(Cl)C2O1. The second kappa shape index (κ2) is 6.15. The zero-order valence-corrected chi connectivity index (χ0v) is 13.2. The van der Waals surface area contributed by atoms with E-state index in [9.17, 15) is 4.79 Å². The topological polar surface area (TPSA) is 44.8 Å². The normalized spacial score (nSPS) is 30.6. The van der Waals surface area contributed by atoms with Gasteiger partial charge in [0.2, 0.25) is 0 Å². The Labute approximate surface area is 134 Å². The third-order valence-corrected chi connectivity index (χ3v) is 4.26. The van der Waals surface area contributed by atoms with Crippen molar-refractivity contribution in [1.29, 1.82) is 0 Å². The summed E-state index contributed by atoms with van der Waals surface area (Å²) in [5, 5.41) is 0.529. The van der Waals surface area contributed by atoms with E-state index in [1.54, 1.807) is 12.3 Å². The Morgan fingerprint density at radius 2 is 2.23 bits per heavy atom. The summed E-state index contributed by atoms with van der Waals surface area (Å²) < 4.78 is 16.0. The third kappa shape index (κ3) is 2.64. The van der Waals surface area contributed by atoms with Crippen molar-refractivity contribution in [3.63, 3.8) is 0 Å². The van der Waals surface area contributed by atoms with Gasteiger partial charge in [0.05, 0.1) is 18.4 Å². The molecular weight excluding hydrogens is 304 g/mol. The summed E-state index contributed by atoms with van der Waals surface area (Å²) in [5.41, 5.74) is 4.19. The molecule has 0 saturated heterocycles. The smallest absolute Gasteiger partial charge is 0.376 e. The molecule has 2 unspecified atom stereocenters. The molecule has 0 saturated carbocycles. The number of allylic oxidation sites excluding steroid dienone is 6. The van der Waals surface area contributed by atoms with Gasteiger partial charge in [0, 0.05) is 5.57 Å². The molecular formula is C17H17ClO4. The van der Waals surface area contributed by atoms with Crippen LogP contribution in [0.3, 0.4) is 0 Å². The molecule has 0 aromatic heterocycles. The van der Waals surface area contributed by atoms with E-state index < -0.39 is 18.4 Å². The van der Waals surface area contributed by atoms with Gasteiger partial charge >= 0.3 is 5.97 Å². The van der Waals surface area contributed by atoms with Gasteiger partial charge in [0.25, 0.3) is 6.29 Å². The Hall–Kier alpha value is -1.78. The van der Waals surface area contributed by atoms with Crippen LogP contribution in [0.25, 0.3) is 0 Å². The van der Waals surface area contributed by atoms with Crippen LogP contribution in [-0.4, -0.2) is 25.5 Å². The zero-order valence-electron chi connectivity index (χ0n) is 12.5. The number of rotatable bonds is 1. The Morgan fingerprint density at radius 1 is 1.41 bits per heavy atom. The van der Waals surface area contributed by atoms with Gasteiger partial charge in [-0.25, -0.2) is 4.79 Å². The molecule has 0 aromatic rings. The lowest BCUT2D eigenvalue weighted by atomic mass is 9.84. The van der Waals surface area contributed by atoms with Crippen LogP contribution in [0.2, 0.25) is 0 Å². The highest BCUT2D eigenvalue weighted by molar-refractivity contribution is 6.30. The molecule has 2 aliphatic carbocycles. The molecule has 1 heterocycles. The van der Waals surface area contributed by atoms with Crippen molar-refractivity contribution in [2.75, 3.05) is 7.11 Å². The summed E-state index contributed by atoms with van der Waals surface area (Å²) >= 11 is 6.34. The maximum Gasteiger partial charge on any atom is 0.376 e. The van der Waals surface area contributed by atoms with E-state index in [4.69, 9.17) is 25.8 Å². The van der Waals surface area contributed by atoms with Crippen LogP contribution in [0.5, 0.6) is 0 Å². The average Bonchev–Trinajstić information content (AvgIpc) is 2.52.